The second kappa shape index (κ2) is 7.65. The zero-order valence-corrected chi connectivity index (χ0v) is 15.4. The first kappa shape index (κ1) is 18.1. The van der Waals surface area contributed by atoms with Crippen LogP contribution >= 0.6 is 11.8 Å². The Kier molecular flexibility index (Phi) is 5.32. The molecule has 0 spiro atoms. The van der Waals surface area contributed by atoms with Crippen molar-refractivity contribution in [3.8, 4) is 5.69 Å². The fourth-order valence-electron chi connectivity index (χ4n) is 2.29. The summed E-state index contributed by atoms with van der Waals surface area (Å²) >= 11 is 1.23. The number of amides is 1. The molecular weight excluding hydrogens is 353 g/mol. The molecule has 0 bridgehead atoms. The van der Waals surface area contributed by atoms with Crippen molar-refractivity contribution in [1.29, 1.82) is 0 Å². The summed E-state index contributed by atoms with van der Waals surface area (Å²) in [6.07, 6.45) is 0. The predicted octanol–water partition coefficient (Wildman–Crippen LogP) is 3.54. The molecule has 26 heavy (non-hydrogen) atoms. The van der Waals surface area contributed by atoms with E-state index < -0.39 is 11.1 Å². The van der Waals surface area contributed by atoms with Gasteiger partial charge in [0.25, 0.3) is 0 Å². The molecule has 1 heterocycles. The van der Waals surface area contributed by atoms with Crippen molar-refractivity contribution in [2.45, 2.75) is 31.2 Å². The molecule has 134 valence electrons. The number of halogens is 1. The van der Waals surface area contributed by atoms with Gasteiger partial charge in [-0.1, -0.05) is 23.9 Å². The van der Waals surface area contributed by atoms with E-state index in [9.17, 15) is 9.18 Å². The maximum absolute atomic E-state index is 13.2. The fraction of sp³-hybridized carbons (Fsp3) is 0.222. The zero-order chi connectivity index (χ0) is 18.7. The maximum Gasteiger partial charge on any atom is 0.237 e. The van der Waals surface area contributed by atoms with Crippen LogP contribution in [0.5, 0.6) is 0 Å². The Labute approximate surface area is 154 Å². The van der Waals surface area contributed by atoms with Crippen LogP contribution in [0.15, 0.2) is 47.6 Å². The van der Waals surface area contributed by atoms with Crippen molar-refractivity contribution in [3.63, 3.8) is 0 Å². The standard InChI is InChI=1S/C18H18FN5OS/c1-11-7-8-16(9-12(11)2)24-18(21-22-23-24)26-13(3)17(25)20-15-6-4-5-14(19)10-15/h4-10,13H,1-3H3,(H,20,25)/t13-/m0/s1. The lowest BCUT2D eigenvalue weighted by atomic mass is 10.1. The minimum absolute atomic E-state index is 0.254. The van der Waals surface area contributed by atoms with E-state index in [-0.39, 0.29) is 5.91 Å². The highest BCUT2D eigenvalue weighted by Gasteiger charge is 2.19. The van der Waals surface area contributed by atoms with Crippen LogP contribution in [-0.2, 0) is 4.79 Å². The van der Waals surface area contributed by atoms with Crippen LogP contribution in [0.2, 0.25) is 0 Å². The number of hydrogen-bond donors (Lipinski definition) is 1. The third-order valence-electron chi connectivity index (χ3n) is 3.92. The molecule has 1 aromatic heterocycles. The number of rotatable bonds is 5. The molecule has 0 aliphatic heterocycles. The number of benzene rings is 2. The molecule has 0 radical (unpaired) electrons. The second-order valence-electron chi connectivity index (χ2n) is 5.90. The normalized spacial score (nSPS) is 12.0. The lowest BCUT2D eigenvalue weighted by Gasteiger charge is -2.12. The number of carbonyl (C=O) groups excluding carboxylic acids is 1. The van der Waals surface area contributed by atoms with Crippen LogP contribution in [0, 0.1) is 19.7 Å². The third kappa shape index (κ3) is 4.08. The van der Waals surface area contributed by atoms with Gasteiger partial charge in [-0.2, -0.15) is 4.68 Å². The summed E-state index contributed by atoms with van der Waals surface area (Å²) in [5, 5.41) is 14.5. The number of hydrogen-bond acceptors (Lipinski definition) is 5. The molecule has 2 aromatic carbocycles. The molecule has 1 amide bonds. The SMILES string of the molecule is Cc1ccc(-n2nnnc2S[C@@H](C)C(=O)Nc2cccc(F)c2)cc1C. The van der Waals surface area contributed by atoms with Crippen LogP contribution in [0.4, 0.5) is 10.1 Å². The number of nitrogens with one attached hydrogen (secondary N) is 1. The lowest BCUT2D eigenvalue weighted by Crippen LogP contribution is -2.23. The van der Waals surface area contributed by atoms with Gasteiger partial charge in [-0.05, 0) is 72.7 Å². The van der Waals surface area contributed by atoms with Crippen molar-refractivity contribution in [2.75, 3.05) is 5.32 Å². The maximum atomic E-state index is 13.2. The van der Waals surface area contributed by atoms with Gasteiger partial charge < -0.3 is 5.32 Å². The topological polar surface area (TPSA) is 72.7 Å². The summed E-state index contributed by atoms with van der Waals surface area (Å²) in [5.41, 5.74) is 3.55. The Morgan fingerprint density at radius 3 is 2.73 bits per heavy atom. The summed E-state index contributed by atoms with van der Waals surface area (Å²) in [6, 6.07) is 11.7. The molecule has 8 heteroatoms. The highest BCUT2D eigenvalue weighted by atomic mass is 32.2. The summed E-state index contributed by atoms with van der Waals surface area (Å²) < 4.78 is 14.8. The first-order valence-electron chi connectivity index (χ1n) is 8.03. The average Bonchev–Trinajstić information content (AvgIpc) is 3.05. The molecule has 0 aliphatic rings. The van der Waals surface area contributed by atoms with Crippen LogP contribution in [0.3, 0.4) is 0 Å². The molecule has 0 saturated carbocycles. The largest absolute Gasteiger partial charge is 0.325 e. The molecule has 0 aliphatic carbocycles. The van der Waals surface area contributed by atoms with Gasteiger partial charge in [0.15, 0.2) is 0 Å². The smallest absolute Gasteiger partial charge is 0.237 e. The monoisotopic (exact) mass is 371 g/mol. The molecule has 3 aromatic rings. The van der Waals surface area contributed by atoms with Gasteiger partial charge in [0.1, 0.15) is 5.82 Å². The Bertz CT molecular complexity index is 943. The quantitative estimate of drug-likeness (QED) is 0.695. The van der Waals surface area contributed by atoms with Crippen molar-refractivity contribution in [3.05, 3.63) is 59.4 Å². The van der Waals surface area contributed by atoms with Crippen molar-refractivity contribution >= 4 is 23.4 Å². The van der Waals surface area contributed by atoms with E-state index in [0.717, 1.165) is 11.3 Å². The van der Waals surface area contributed by atoms with Gasteiger partial charge in [-0.3, -0.25) is 4.79 Å². The first-order valence-corrected chi connectivity index (χ1v) is 8.91. The second-order valence-corrected chi connectivity index (χ2v) is 7.21. The lowest BCUT2D eigenvalue weighted by molar-refractivity contribution is -0.115. The zero-order valence-electron chi connectivity index (χ0n) is 14.6. The van der Waals surface area contributed by atoms with Crippen LogP contribution in [0.25, 0.3) is 5.69 Å². The Morgan fingerprint density at radius 2 is 2.00 bits per heavy atom. The minimum Gasteiger partial charge on any atom is -0.325 e. The number of thioether (sulfide) groups is 1. The van der Waals surface area contributed by atoms with E-state index in [1.807, 2.05) is 32.0 Å². The van der Waals surface area contributed by atoms with E-state index in [4.69, 9.17) is 0 Å². The molecule has 6 nitrogen and oxygen atoms in total. The van der Waals surface area contributed by atoms with Gasteiger partial charge in [-0.15, -0.1) is 5.10 Å². The number of carbonyl (C=O) groups is 1. The van der Waals surface area contributed by atoms with E-state index in [0.29, 0.717) is 10.8 Å². The fourth-order valence-corrected chi connectivity index (χ4v) is 3.10. The molecule has 3 rings (SSSR count). The van der Waals surface area contributed by atoms with Crippen LogP contribution in [0.1, 0.15) is 18.1 Å². The molecule has 0 saturated heterocycles. The molecular formula is C18H18FN5OS. The minimum atomic E-state index is -0.463. The Balaban J connectivity index is 1.74. The number of anilines is 1. The number of aryl methyl sites for hydroxylation is 2. The molecule has 0 fully saturated rings. The Hall–Kier alpha value is -2.74. The third-order valence-corrected chi connectivity index (χ3v) is 4.95. The summed E-state index contributed by atoms with van der Waals surface area (Å²) in [5.74, 6) is -0.656. The van der Waals surface area contributed by atoms with Crippen LogP contribution < -0.4 is 5.32 Å². The van der Waals surface area contributed by atoms with Crippen molar-refractivity contribution < 1.29 is 9.18 Å². The summed E-state index contributed by atoms with van der Waals surface area (Å²) in [6.45, 7) is 5.80. The average molecular weight is 371 g/mol. The Morgan fingerprint density at radius 1 is 1.19 bits per heavy atom. The van der Waals surface area contributed by atoms with Crippen molar-refractivity contribution in [1.82, 2.24) is 20.2 Å². The first-order chi connectivity index (χ1) is 12.4. The van der Waals surface area contributed by atoms with E-state index in [2.05, 4.69) is 20.8 Å². The van der Waals surface area contributed by atoms with E-state index in [1.165, 1.54) is 29.5 Å². The van der Waals surface area contributed by atoms with Gasteiger partial charge in [0.05, 0.1) is 10.9 Å². The summed E-state index contributed by atoms with van der Waals surface area (Å²) in [7, 11) is 0. The van der Waals surface area contributed by atoms with Gasteiger partial charge >= 0.3 is 0 Å². The van der Waals surface area contributed by atoms with Gasteiger partial charge in [-0.25, -0.2) is 4.39 Å². The molecule has 1 N–H and O–H groups in total. The van der Waals surface area contributed by atoms with Crippen LogP contribution in [-0.4, -0.2) is 31.4 Å². The number of nitrogens with zero attached hydrogens (tertiary/aromatic N) is 4. The van der Waals surface area contributed by atoms with E-state index in [1.54, 1.807) is 23.7 Å². The summed E-state index contributed by atoms with van der Waals surface area (Å²) in [4.78, 5) is 12.4. The molecule has 1 atom stereocenters. The highest BCUT2D eigenvalue weighted by Crippen LogP contribution is 2.24. The molecule has 0 unspecified atom stereocenters. The number of aromatic nitrogens is 4. The van der Waals surface area contributed by atoms with Gasteiger partial charge in [0.2, 0.25) is 11.1 Å². The number of tetrazole rings is 1. The van der Waals surface area contributed by atoms with E-state index >= 15 is 0 Å². The van der Waals surface area contributed by atoms with Gasteiger partial charge in [0, 0.05) is 5.69 Å². The predicted molar refractivity (Wildman–Crippen MR) is 99.0 cm³/mol. The highest BCUT2D eigenvalue weighted by molar-refractivity contribution is 8.00. The van der Waals surface area contributed by atoms with Crippen molar-refractivity contribution in [2.24, 2.45) is 0 Å².